The van der Waals surface area contributed by atoms with Crippen molar-refractivity contribution in [3.63, 3.8) is 0 Å². The molecule has 0 aliphatic heterocycles. The fourth-order valence-corrected chi connectivity index (χ4v) is 4.75. The molecule has 9 nitrogen and oxygen atoms in total. The SMILES string of the molecule is CCOc1cc(C(=O)Nc2nnc(SCC(=O)Nc3cccc(C)c3C)s2)cc(OCC)c1OCC. The van der Waals surface area contributed by atoms with Crippen molar-refractivity contribution in [2.75, 3.05) is 36.2 Å². The van der Waals surface area contributed by atoms with E-state index < -0.39 is 0 Å². The summed E-state index contributed by atoms with van der Waals surface area (Å²) in [7, 11) is 0. The summed E-state index contributed by atoms with van der Waals surface area (Å²) >= 11 is 2.44. The fraction of sp³-hybridized carbons (Fsp3) is 0.360. The van der Waals surface area contributed by atoms with Gasteiger partial charge in [-0.2, -0.15) is 0 Å². The van der Waals surface area contributed by atoms with E-state index in [-0.39, 0.29) is 17.6 Å². The highest BCUT2D eigenvalue weighted by molar-refractivity contribution is 8.01. The van der Waals surface area contributed by atoms with E-state index in [1.165, 1.54) is 23.1 Å². The summed E-state index contributed by atoms with van der Waals surface area (Å²) in [5.41, 5.74) is 3.27. The van der Waals surface area contributed by atoms with Crippen LogP contribution in [0, 0.1) is 13.8 Å². The maximum absolute atomic E-state index is 12.9. The largest absolute Gasteiger partial charge is 0.490 e. The molecule has 0 spiro atoms. The Morgan fingerprint density at radius 2 is 1.61 bits per heavy atom. The van der Waals surface area contributed by atoms with Crippen LogP contribution in [-0.4, -0.2) is 47.6 Å². The third kappa shape index (κ3) is 7.11. The predicted octanol–water partition coefficient (Wildman–Crippen LogP) is 5.33. The molecule has 0 aliphatic carbocycles. The Morgan fingerprint density at radius 3 is 2.25 bits per heavy atom. The van der Waals surface area contributed by atoms with Crippen molar-refractivity contribution in [3.05, 3.63) is 47.0 Å². The van der Waals surface area contributed by atoms with Crippen molar-refractivity contribution in [2.24, 2.45) is 0 Å². The molecule has 0 aliphatic rings. The predicted molar refractivity (Wildman–Crippen MR) is 143 cm³/mol. The van der Waals surface area contributed by atoms with E-state index in [0.29, 0.717) is 52.1 Å². The van der Waals surface area contributed by atoms with Crippen LogP contribution >= 0.6 is 23.1 Å². The number of nitrogens with zero attached hydrogens (tertiary/aromatic N) is 2. The number of amides is 2. The van der Waals surface area contributed by atoms with Crippen LogP contribution < -0.4 is 24.8 Å². The Bertz CT molecular complexity index is 1190. The maximum atomic E-state index is 12.9. The van der Waals surface area contributed by atoms with Crippen LogP contribution in [0.5, 0.6) is 17.2 Å². The van der Waals surface area contributed by atoms with E-state index in [0.717, 1.165) is 16.8 Å². The van der Waals surface area contributed by atoms with Gasteiger partial charge in [-0.1, -0.05) is 35.2 Å². The number of ether oxygens (including phenoxy) is 3. The number of thioether (sulfide) groups is 1. The molecule has 0 fully saturated rings. The summed E-state index contributed by atoms with van der Waals surface area (Å²) in [5.74, 6) is 0.963. The number of carbonyl (C=O) groups is 2. The minimum Gasteiger partial charge on any atom is -0.490 e. The number of anilines is 2. The molecule has 3 rings (SSSR count). The monoisotopic (exact) mass is 530 g/mol. The molecule has 0 bridgehead atoms. The highest BCUT2D eigenvalue weighted by atomic mass is 32.2. The molecule has 192 valence electrons. The van der Waals surface area contributed by atoms with Crippen LogP contribution in [0.3, 0.4) is 0 Å². The zero-order valence-corrected chi connectivity index (χ0v) is 22.6. The van der Waals surface area contributed by atoms with Gasteiger partial charge >= 0.3 is 0 Å². The van der Waals surface area contributed by atoms with Crippen molar-refractivity contribution >= 4 is 45.7 Å². The number of hydrogen-bond acceptors (Lipinski definition) is 9. The molecule has 0 saturated heterocycles. The van der Waals surface area contributed by atoms with Crippen LogP contribution in [-0.2, 0) is 4.79 Å². The van der Waals surface area contributed by atoms with E-state index in [9.17, 15) is 9.59 Å². The summed E-state index contributed by atoms with van der Waals surface area (Å²) < 4.78 is 17.6. The van der Waals surface area contributed by atoms with Crippen molar-refractivity contribution in [1.29, 1.82) is 0 Å². The van der Waals surface area contributed by atoms with E-state index in [1.807, 2.05) is 52.8 Å². The average molecular weight is 531 g/mol. The van der Waals surface area contributed by atoms with Crippen molar-refractivity contribution < 1.29 is 23.8 Å². The summed E-state index contributed by atoms with van der Waals surface area (Å²) in [4.78, 5) is 25.3. The van der Waals surface area contributed by atoms with Crippen LogP contribution in [0.4, 0.5) is 10.8 Å². The number of carbonyl (C=O) groups excluding carboxylic acids is 2. The summed E-state index contributed by atoms with van der Waals surface area (Å²) in [6, 6.07) is 9.00. The first-order valence-electron chi connectivity index (χ1n) is 11.6. The summed E-state index contributed by atoms with van der Waals surface area (Å²) in [6.45, 7) is 10.8. The summed E-state index contributed by atoms with van der Waals surface area (Å²) in [6.07, 6.45) is 0. The van der Waals surface area contributed by atoms with Gasteiger partial charge in [-0.15, -0.1) is 10.2 Å². The van der Waals surface area contributed by atoms with E-state index >= 15 is 0 Å². The van der Waals surface area contributed by atoms with E-state index in [1.54, 1.807) is 12.1 Å². The van der Waals surface area contributed by atoms with Crippen molar-refractivity contribution in [1.82, 2.24) is 10.2 Å². The fourth-order valence-electron chi connectivity index (χ4n) is 3.21. The molecule has 2 amide bonds. The number of hydrogen-bond donors (Lipinski definition) is 2. The second-order valence-corrected chi connectivity index (χ2v) is 9.71. The zero-order valence-electron chi connectivity index (χ0n) is 21.0. The molecule has 36 heavy (non-hydrogen) atoms. The lowest BCUT2D eigenvalue weighted by Gasteiger charge is -2.16. The normalized spacial score (nSPS) is 10.6. The maximum Gasteiger partial charge on any atom is 0.257 e. The molecule has 0 radical (unpaired) electrons. The van der Waals surface area contributed by atoms with Crippen LogP contribution in [0.1, 0.15) is 42.3 Å². The third-order valence-electron chi connectivity index (χ3n) is 5.00. The molecule has 0 unspecified atom stereocenters. The van der Waals surface area contributed by atoms with Gasteiger partial charge in [0.05, 0.1) is 25.6 Å². The minimum absolute atomic E-state index is 0.143. The van der Waals surface area contributed by atoms with Crippen molar-refractivity contribution in [2.45, 2.75) is 39.0 Å². The first-order chi connectivity index (χ1) is 17.4. The Labute approximate surface area is 218 Å². The molecular weight excluding hydrogens is 500 g/mol. The standard InChI is InChI=1S/C25H30N4O5S2/c1-6-32-19-12-17(13-20(33-7-2)22(19)34-8-3)23(31)27-24-28-29-25(36-24)35-14-21(30)26-18-11-9-10-15(4)16(18)5/h9-13H,6-8,14H2,1-5H3,(H,26,30)(H,27,28,31). The molecule has 11 heteroatoms. The summed E-state index contributed by atoms with van der Waals surface area (Å²) in [5, 5.41) is 14.1. The third-order valence-corrected chi connectivity index (χ3v) is 6.98. The lowest BCUT2D eigenvalue weighted by atomic mass is 10.1. The lowest BCUT2D eigenvalue weighted by molar-refractivity contribution is -0.113. The van der Waals surface area contributed by atoms with Gasteiger partial charge in [-0.25, -0.2) is 0 Å². The number of nitrogens with one attached hydrogen (secondary N) is 2. The van der Waals surface area contributed by atoms with Gasteiger partial charge in [0.15, 0.2) is 15.8 Å². The van der Waals surface area contributed by atoms with E-state index in [2.05, 4.69) is 20.8 Å². The smallest absolute Gasteiger partial charge is 0.257 e. The Balaban J connectivity index is 1.65. The first kappa shape index (κ1) is 27.3. The number of aryl methyl sites for hydroxylation is 1. The minimum atomic E-state index is -0.389. The van der Waals surface area contributed by atoms with Crippen LogP contribution in [0.2, 0.25) is 0 Å². The molecule has 2 aromatic carbocycles. The first-order valence-corrected chi connectivity index (χ1v) is 13.4. The Hall–Kier alpha value is -3.31. The second kappa shape index (κ2) is 13.1. The number of rotatable bonds is 12. The molecule has 0 saturated carbocycles. The quantitative estimate of drug-likeness (QED) is 0.239. The average Bonchev–Trinajstić information content (AvgIpc) is 3.30. The number of benzene rings is 2. The topological polar surface area (TPSA) is 112 Å². The van der Waals surface area contributed by atoms with Crippen LogP contribution in [0.25, 0.3) is 0 Å². The second-order valence-electron chi connectivity index (χ2n) is 7.51. The van der Waals surface area contributed by atoms with Crippen molar-refractivity contribution in [3.8, 4) is 17.2 Å². The molecular formula is C25H30N4O5S2. The van der Waals surface area contributed by atoms with E-state index in [4.69, 9.17) is 14.2 Å². The molecule has 3 aromatic rings. The van der Waals surface area contributed by atoms with Gasteiger partial charge in [0, 0.05) is 11.3 Å². The molecule has 1 aromatic heterocycles. The molecule has 2 N–H and O–H groups in total. The van der Waals surface area contributed by atoms with Gasteiger partial charge in [0.1, 0.15) is 0 Å². The highest BCUT2D eigenvalue weighted by Gasteiger charge is 2.19. The Kier molecular flexibility index (Phi) is 9.95. The van der Waals surface area contributed by atoms with Gasteiger partial charge in [0.25, 0.3) is 5.91 Å². The molecule has 0 atom stereocenters. The Morgan fingerprint density at radius 1 is 0.944 bits per heavy atom. The number of aromatic nitrogens is 2. The zero-order chi connectivity index (χ0) is 26.1. The molecule has 1 heterocycles. The highest BCUT2D eigenvalue weighted by Crippen LogP contribution is 2.39. The van der Waals surface area contributed by atoms with Gasteiger partial charge < -0.3 is 19.5 Å². The van der Waals surface area contributed by atoms with Gasteiger partial charge in [-0.3, -0.25) is 14.9 Å². The van der Waals surface area contributed by atoms with Gasteiger partial charge in [-0.05, 0) is 63.9 Å². The van der Waals surface area contributed by atoms with Gasteiger partial charge in [0.2, 0.25) is 16.8 Å². The lowest BCUT2D eigenvalue weighted by Crippen LogP contribution is -2.15. The van der Waals surface area contributed by atoms with Crippen LogP contribution in [0.15, 0.2) is 34.7 Å².